The number of alkyl halides is 3. The molecule has 4 rings (SSSR count). The van der Waals surface area contributed by atoms with E-state index in [0.29, 0.717) is 11.3 Å². The second-order valence-corrected chi connectivity index (χ2v) is 8.19. The van der Waals surface area contributed by atoms with Crippen LogP contribution in [0.3, 0.4) is 0 Å². The first-order valence-corrected chi connectivity index (χ1v) is 10.9. The van der Waals surface area contributed by atoms with Gasteiger partial charge in [0.2, 0.25) is 5.91 Å². The van der Waals surface area contributed by atoms with Crippen LogP contribution in [-0.4, -0.2) is 64.5 Å². The molecule has 0 N–H and O–H groups in total. The molecule has 1 aliphatic heterocycles. The Labute approximate surface area is 199 Å². The molecule has 1 unspecified atom stereocenters. The maximum atomic E-state index is 13.0. The number of benzene rings is 2. The summed E-state index contributed by atoms with van der Waals surface area (Å²) in [7, 11) is 1.55. The molecule has 3 aromatic rings. The average molecular weight is 488 g/mol. The molecule has 1 aliphatic rings. The van der Waals surface area contributed by atoms with Crippen molar-refractivity contribution < 1.29 is 32.0 Å². The van der Waals surface area contributed by atoms with Gasteiger partial charge in [0.05, 0.1) is 19.1 Å². The van der Waals surface area contributed by atoms with Crippen molar-refractivity contribution in [2.45, 2.75) is 25.6 Å². The second-order valence-electron chi connectivity index (χ2n) is 8.19. The molecule has 184 valence electrons. The zero-order chi connectivity index (χ0) is 25.2. The van der Waals surface area contributed by atoms with Gasteiger partial charge >= 0.3 is 6.18 Å². The predicted molar refractivity (Wildman–Crippen MR) is 119 cm³/mol. The van der Waals surface area contributed by atoms with Crippen LogP contribution in [0.25, 0.3) is 11.5 Å². The van der Waals surface area contributed by atoms with E-state index >= 15 is 0 Å². The van der Waals surface area contributed by atoms with E-state index in [0.717, 1.165) is 12.1 Å². The summed E-state index contributed by atoms with van der Waals surface area (Å²) in [6.07, 6.45) is -4.61. The molecule has 1 saturated heterocycles. The van der Waals surface area contributed by atoms with Gasteiger partial charge < -0.3 is 19.1 Å². The first kappa shape index (κ1) is 24.2. The molecule has 0 spiro atoms. The Kier molecular flexibility index (Phi) is 6.77. The summed E-state index contributed by atoms with van der Waals surface area (Å²) in [5, 5.41) is 3.88. The lowest BCUT2D eigenvalue weighted by atomic mass is 10.1. The van der Waals surface area contributed by atoms with Gasteiger partial charge in [-0.1, -0.05) is 17.3 Å². The van der Waals surface area contributed by atoms with E-state index in [-0.39, 0.29) is 55.3 Å². The number of hydrogen-bond acceptors (Lipinski definition) is 6. The zero-order valence-corrected chi connectivity index (χ0v) is 19.1. The average Bonchev–Trinajstić information content (AvgIpc) is 3.31. The molecule has 0 aliphatic carbocycles. The highest BCUT2D eigenvalue weighted by Crippen LogP contribution is 2.30. The molecule has 2 aromatic carbocycles. The van der Waals surface area contributed by atoms with E-state index < -0.39 is 17.6 Å². The summed E-state index contributed by atoms with van der Waals surface area (Å²) in [6, 6.07) is 11.0. The van der Waals surface area contributed by atoms with Gasteiger partial charge in [0.15, 0.2) is 5.82 Å². The molecule has 2 heterocycles. The van der Waals surface area contributed by atoms with Crippen molar-refractivity contribution in [2.75, 3.05) is 26.7 Å². The number of rotatable bonds is 5. The predicted octanol–water partition coefficient (Wildman–Crippen LogP) is 3.68. The standard InChI is InChI=1S/C24H23F3N4O4/c1-15-14-30(9-10-31(15)23(33)17-6-3-7-18(11-17)24(25,26)27)21(32)13-20-28-22(35-29-20)16-5-4-8-19(12-16)34-2/h3-8,11-12,15H,9-10,13-14H2,1-2H3. The Morgan fingerprint density at radius 3 is 2.63 bits per heavy atom. The van der Waals surface area contributed by atoms with Crippen LogP contribution in [0.4, 0.5) is 13.2 Å². The molecule has 2 amide bonds. The van der Waals surface area contributed by atoms with E-state index in [1.807, 2.05) is 0 Å². The molecule has 1 aromatic heterocycles. The lowest BCUT2D eigenvalue weighted by Gasteiger charge is -2.40. The fourth-order valence-corrected chi connectivity index (χ4v) is 3.93. The first-order valence-electron chi connectivity index (χ1n) is 10.9. The molecular formula is C24H23F3N4O4. The van der Waals surface area contributed by atoms with Gasteiger partial charge in [-0.25, -0.2) is 0 Å². The lowest BCUT2D eigenvalue weighted by molar-refractivity contribution is -0.137. The first-order chi connectivity index (χ1) is 16.7. The third-order valence-electron chi connectivity index (χ3n) is 5.77. The van der Waals surface area contributed by atoms with E-state index in [4.69, 9.17) is 9.26 Å². The Balaban J connectivity index is 1.38. The van der Waals surface area contributed by atoms with E-state index in [1.54, 1.807) is 43.2 Å². The fraction of sp³-hybridized carbons (Fsp3) is 0.333. The van der Waals surface area contributed by atoms with Gasteiger partial charge in [-0.05, 0) is 43.3 Å². The number of methoxy groups -OCH3 is 1. The van der Waals surface area contributed by atoms with Crippen molar-refractivity contribution in [2.24, 2.45) is 0 Å². The summed E-state index contributed by atoms with van der Waals surface area (Å²) in [6.45, 7) is 2.43. The Morgan fingerprint density at radius 2 is 1.91 bits per heavy atom. The van der Waals surface area contributed by atoms with E-state index in [2.05, 4.69) is 10.1 Å². The van der Waals surface area contributed by atoms with Gasteiger partial charge in [-0.3, -0.25) is 9.59 Å². The summed E-state index contributed by atoms with van der Waals surface area (Å²) in [5.41, 5.74) is -0.257. The summed E-state index contributed by atoms with van der Waals surface area (Å²) >= 11 is 0. The van der Waals surface area contributed by atoms with Crippen LogP contribution in [0.15, 0.2) is 53.1 Å². The minimum absolute atomic E-state index is 0.0386. The zero-order valence-electron chi connectivity index (χ0n) is 19.1. The van der Waals surface area contributed by atoms with Crippen molar-refractivity contribution in [1.29, 1.82) is 0 Å². The number of aromatic nitrogens is 2. The third-order valence-corrected chi connectivity index (χ3v) is 5.77. The number of ether oxygens (including phenoxy) is 1. The molecule has 0 bridgehead atoms. The number of hydrogen-bond donors (Lipinski definition) is 0. The Bertz CT molecular complexity index is 1230. The topological polar surface area (TPSA) is 88.8 Å². The normalized spacial score (nSPS) is 16.3. The van der Waals surface area contributed by atoms with Crippen molar-refractivity contribution in [3.8, 4) is 17.2 Å². The summed E-state index contributed by atoms with van der Waals surface area (Å²) in [5.74, 6) is 0.377. The monoisotopic (exact) mass is 488 g/mol. The molecule has 0 radical (unpaired) electrons. The smallest absolute Gasteiger partial charge is 0.416 e. The summed E-state index contributed by atoms with van der Waals surface area (Å²) in [4.78, 5) is 33.0. The summed E-state index contributed by atoms with van der Waals surface area (Å²) < 4.78 is 49.5. The van der Waals surface area contributed by atoms with Gasteiger partial charge in [-0.15, -0.1) is 0 Å². The largest absolute Gasteiger partial charge is 0.497 e. The number of carbonyl (C=O) groups is 2. The number of piperazine rings is 1. The highest BCUT2D eigenvalue weighted by Gasteiger charge is 2.34. The van der Waals surface area contributed by atoms with Gasteiger partial charge in [0.25, 0.3) is 11.8 Å². The number of halogens is 3. The Hall–Kier alpha value is -3.89. The Morgan fingerprint density at radius 1 is 1.14 bits per heavy atom. The van der Waals surface area contributed by atoms with Crippen LogP contribution in [0.2, 0.25) is 0 Å². The number of nitrogens with zero attached hydrogens (tertiary/aromatic N) is 4. The fourth-order valence-electron chi connectivity index (χ4n) is 3.93. The lowest BCUT2D eigenvalue weighted by Crippen LogP contribution is -2.55. The van der Waals surface area contributed by atoms with E-state index in [1.165, 1.54) is 17.0 Å². The molecule has 11 heteroatoms. The second kappa shape index (κ2) is 9.77. The quantitative estimate of drug-likeness (QED) is 0.545. The van der Waals surface area contributed by atoms with Crippen molar-refractivity contribution in [3.05, 3.63) is 65.5 Å². The molecule has 0 saturated carbocycles. The third kappa shape index (κ3) is 5.44. The number of carbonyl (C=O) groups excluding carboxylic acids is 2. The van der Waals surface area contributed by atoms with Crippen molar-refractivity contribution >= 4 is 11.8 Å². The van der Waals surface area contributed by atoms with Crippen LogP contribution in [0.1, 0.15) is 28.7 Å². The van der Waals surface area contributed by atoms with Crippen LogP contribution in [0.5, 0.6) is 5.75 Å². The van der Waals surface area contributed by atoms with Crippen molar-refractivity contribution in [3.63, 3.8) is 0 Å². The molecule has 1 atom stereocenters. The van der Waals surface area contributed by atoms with Crippen LogP contribution < -0.4 is 4.74 Å². The van der Waals surface area contributed by atoms with Gasteiger partial charge in [0, 0.05) is 36.8 Å². The van der Waals surface area contributed by atoms with Crippen LogP contribution in [-0.2, 0) is 17.4 Å². The highest BCUT2D eigenvalue weighted by molar-refractivity contribution is 5.95. The minimum Gasteiger partial charge on any atom is -0.497 e. The molecule has 8 nitrogen and oxygen atoms in total. The van der Waals surface area contributed by atoms with Gasteiger partial charge in [0.1, 0.15) is 5.75 Å². The molecule has 1 fully saturated rings. The SMILES string of the molecule is COc1cccc(-c2nc(CC(=O)N3CCN(C(=O)c4cccc(C(F)(F)F)c4)C(C)C3)no2)c1. The van der Waals surface area contributed by atoms with Crippen LogP contribution >= 0.6 is 0 Å². The van der Waals surface area contributed by atoms with Crippen molar-refractivity contribution in [1.82, 2.24) is 19.9 Å². The molecular weight excluding hydrogens is 465 g/mol. The molecule has 35 heavy (non-hydrogen) atoms. The van der Waals surface area contributed by atoms with E-state index in [9.17, 15) is 22.8 Å². The van der Waals surface area contributed by atoms with Crippen LogP contribution in [0, 0.1) is 0 Å². The highest BCUT2D eigenvalue weighted by atomic mass is 19.4. The number of amides is 2. The maximum absolute atomic E-state index is 13.0. The van der Waals surface area contributed by atoms with Gasteiger partial charge in [-0.2, -0.15) is 18.2 Å². The minimum atomic E-state index is -4.53. The maximum Gasteiger partial charge on any atom is 0.416 e.